The van der Waals surface area contributed by atoms with Crippen molar-refractivity contribution in [1.29, 1.82) is 0 Å². The molecule has 0 radical (unpaired) electrons. The van der Waals surface area contributed by atoms with E-state index in [1.165, 1.54) is 54.4 Å². The molecule has 1 saturated heterocycles. The van der Waals surface area contributed by atoms with Gasteiger partial charge in [-0.15, -0.1) is 11.3 Å². The molecule has 0 spiro atoms. The molecule has 0 unspecified atom stereocenters. The minimum atomic E-state index is 0.331. The van der Waals surface area contributed by atoms with Crippen molar-refractivity contribution in [3.05, 3.63) is 22.2 Å². The number of aliphatic imine (C=N–C) groups is 1. The van der Waals surface area contributed by atoms with Crippen LogP contribution in [0.15, 0.2) is 16.8 Å². The molecule has 2 fully saturated rings. The van der Waals surface area contributed by atoms with Gasteiger partial charge in [-0.25, -0.2) is 0 Å². The van der Waals surface area contributed by atoms with Crippen molar-refractivity contribution in [1.82, 2.24) is 15.3 Å². The second-order valence-corrected chi connectivity index (χ2v) is 9.76. The maximum atomic E-state index is 5.95. The summed E-state index contributed by atoms with van der Waals surface area (Å²) in [5, 5.41) is 8.06. The van der Waals surface area contributed by atoms with Crippen LogP contribution in [0, 0.1) is 0 Å². The molecule has 32 heavy (non-hydrogen) atoms. The van der Waals surface area contributed by atoms with E-state index in [-0.39, 0.29) is 0 Å². The van der Waals surface area contributed by atoms with Crippen molar-refractivity contribution in [3.8, 4) is 0 Å². The van der Waals surface area contributed by atoms with E-state index in [1.807, 2.05) is 0 Å². The molecular weight excluding hydrogens is 422 g/mol. The zero-order valence-electron chi connectivity index (χ0n) is 19.0. The molecule has 3 aliphatic rings. The zero-order valence-corrected chi connectivity index (χ0v) is 19.8. The van der Waals surface area contributed by atoms with Gasteiger partial charge in [-0.05, 0) is 50.7 Å². The predicted molar refractivity (Wildman–Crippen MR) is 133 cm³/mol. The summed E-state index contributed by atoms with van der Waals surface area (Å²) in [6, 6.07) is 0.485. The van der Waals surface area contributed by atoms with Gasteiger partial charge in [-0.2, -0.15) is 15.0 Å². The molecule has 3 heterocycles. The molecule has 1 saturated carbocycles. The molecule has 5 rings (SSSR count). The Morgan fingerprint density at radius 3 is 2.56 bits per heavy atom. The van der Waals surface area contributed by atoms with E-state index in [2.05, 4.69) is 20.6 Å². The van der Waals surface area contributed by atoms with E-state index in [4.69, 9.17) is 21.2 Å². The number of allylic oxidation sites excluding steroid dienone is 1. The third-order valence-corrected chi connectivity index (χ3v) is 7.14. The molecule has 6 N–H and O–H groups in total. The van der Waals surface area contributed by atoms with Crippen LogP contribution in [0.25, 0.3) is 10.2 Å². The summed E-state index contributed by atoms with van der Waals surface area (Å²) >= 11 is 1.78. The number of nitrogens with zero attached hydrogens (tertiary/aromatic N) is 3. The lowest BCUT2D eigenvalue weighted by molar-refractivity contribution is 0.109. The highest BCUT2D eigenvalue weighted by atomic mass is 32.1. The lowest BCUT2D eigenvalue weighted by atomic mass is 9.95. The molecule has 0 aromatic carbocycles. The first-order valence-corrected chi connectivity index (χ1v) is 12.6. The van der Waals surface area contributed by atoms with Crippen molar-refractivity contribution in [2.75, 3.05) is 31.6 Å². The van der Waals surface area contributed by atoms with Crippen LogP contribution in [0.2, 0.25) is 0 Å². The minimum absolute atomic E-state index is 0.331. The molecule has 2 aromatic heterocycles. The third-order valence-electron chi connectivity index (χ3n) is 5.95. The maximum Gasteiger partial charge on any atom is 0.254 e. The first kappa shape index (κ1) is 22.9. The predicted octanol–water partition coefficient (Wildman–Crippen LogP) is 3.38. The molecular formula is C23H35N7OS. The van der Waals surface area contributed by atoms with Crippen LogP contribution in [0.1, 0.15) is 55.9 Å². The van der Waals surface area contributed by atoms with Crippen molar-refractivity contribution in [2.24, 2.45) is 16.5 Å². The monoisotopic (exact) mass is 457 g/mol. The summed E-state index contributed by atoms with van der Waals surface area (Å²) in [5.74, 6) is 1.67. The summed E-state index contributed by atoms with van der Waals surface area (Å²) in [4.78, 5) is 16.2. The van der Waals surface area contributed by atoms with E-state index in [1.54, 1.807) is 24.3 Å². The van der Waals surface area contributed by atoms with E-state index in [0.29, 0.717) is 23.5 Å². The second kappa shape index (κ2) is 11.1. The Bertz CT molecular complexity index is 959. The molecule has 8 nitrogen and oxygen atoms in total. The number of morpholine rings is 1. The van der Waals surface area contributed by atoms with Gasteiger partial charge in [0.25, 0.3) is 5.95 Å². The smallest absolute Gasteiger partial charge is 0.254 e. The molecule has 0 amide bonds. The largest absolute Gasteiger partial charge is 0.402 e. The van der Waals surface area contributed by atoms with Gasteiger partial charge < -0.3 is 26.8 Å². The Balaban J connectivity index is 0.000000354. The Hall–Kier alpha value is -2.23. The fourth-order valence-corrected chi connectivity index (χ4v) is 5.73. The Morgan fingerprint density at radius 1 is 1.12 bits per heavy atom. The standard InChI is InChI=1S/C19H26N6S.C4H9NO/c1-11(20)10-15(21)23-19-24-17(22-12-6-3-2-4-7-12)16-13-8-5-9-14(13)26-18(16)25-19;1-3-6-4-2-5-1/h10,12H,2-9,20H2,1H3,(H3,21,22,23,24,25);5H,1-4H2/b11-10-;. The first-order chi connectivity index (χ1) is 15.6. The average molecular weight is 458 g/mol. The number of rotatable bonds is 4. The van der Waals surface area contributed by atoms with E-state index in [9.17, 15) is 0 Å². The van der Waals surface area contributed by atoms with Gasteiger partial charge in [-0.3, -0.25) is 0 Å². The van der Waals surface area contributed by atoms with Crippen LogP contribution in [0.5, 0.6) is 0 Å². The number of nitrogens with two attached hydrogens (primary N) is 2. The number of aryl methyl sites for hydroxylation is 2. The summed E-state index contributed by atoms with van der Waals surface area (Å²) < 4.78 is 5.01. The fraction of sp³-hybridized carbons (Fsp3) is 0.609. The molecule has 0 atom stereocenters. The Labute approximate surface area is 193 Å². The summed E-state index contributed by atoms with van der Waals surface area (Å²) in [7, 11) is 0. The highest BCUT2D eigenvalue weighted by molar-refractivity contribution is 7.19. The van der Waals surface area contributed by atoms with E-state index in [0.717, 1.165) is 49.8 Å². The molecule has 9 heteroatoms. The topological polar surface area (TPSA) is 123 Å². The van der Waals surface area contributed by atoms with Crippen LogP contribution in [0.3, 0.4) is 0 Å². The quantitative estimate of drug-likeness (QED) is 0.410. The highest BCUT2D eigenvalue weighted by Gasteiger charge is 2.24. The van der Waals surface area contributed by atoms with Crippen LogP contribution in [-0.4, -0.2) is 48.1 Å². The minimum Gasteiger partial charge on any atom is -0.402 e. The number of aromatic nitrogens is 2. The van der Waals surface area contributed by atoms with E-state index < -0.39 is 0 Å². The number of thiophene rings is 1. The van der Waals surface area contributed by atoms with Gasteiger partial charge in [0.1, 0.15) is 16.5 Å². The average Bonchev–Trinajstić information content (AvgIpc) is 3.36. The number of hydrogen-bond acceptors (Lipinski definition) is 8. The van der Waals surface area contributed by atoms with Gasteiger partial charge in [0, 0.05) is 29.7 Å². The Kier molecular flexibility index (Phi) is 7.94. The van der Waals surface area contributed by atoms with Crippen LogP contribution < -0.4 is 22.1 Å². The number of nitrogens with one attached hydrogen (secondary N) is 2. The van der Waals surface area contributed by atoms with Gasteiger partial charge in [0.2, 0.25) is 0 Å². The van der Waals surface area contributed by atoms with Gasteiger partial charge in [0.05, 0.1) is 18.6 Å². The third kappa shape index (κ3) is 5.96. The van der Waals surface area contributed by atoms with Crippen LogP contribution >= 0.6 is 11.3 Å². The van der Waals surface area contributed by atoms with Gasteiger partial charge in [0.15, 0.2) is 0 Å². The number of ether oxygens (including phenoxy) is 1. The normalized spacial score (nSPS) is 20.0. The van der Waals surface area contributed by atoms with Crippen LogP contribution in [0.4, 0.5) is 11.8 Å². The highest BCUT2D eigenvalue weighted by Crippen LogP contribution is 2.40. The Morgan fingerprint density at radius 2 is 1.91 bits per heavy atom. The molecule has 1 aliphatic heterocycles. The lowest BCUT2D eigenvalue weighted by Gasteiger charge is -2.23. The van der Waals surface area contributed by atoms with E-state index >= 15 is 0 Å². The number of anilines is 1. The number of hydrogen-bond donors (Lipinski definition) is 4. The summed E-state index contributed by atoms with van der Waals surface area (Å²) in [5.41, 5.74) is 13.7. The maximum absolute atomic E-state index is 5.95. The van der Waals surface area contributed by atoms with Crippen molar-refractivity contribution >= 4 is 39.2 Å². The van der Waals surface area contributed by atoms with Gasteiger partial charge >= 0.3 is 0 Å². The second-order valence-electron chi connectivity index (χ2n) is 8.68. The molecule has 2 aromatic rings. The lowest BCUT2D eigenvalue weighted by Crippen LogP contribution is -2.30. The molecule has 0 bridgehead atoms. The molecule has 2 aliphatic carbocycles. The fourth-order valence-electron chi connectivity index (χ4n) is 4.48. The summed E-state index contributed by atoms with van der Waals surface area (Å²) in [6.45, 7) is 5.62. The number of fused-ring (bicyclic) bond motifs is 3. The van der Waals surface area contributed by atoms with Crippen molar-refractivity contribution in [2.45, 2.75) is 64.3 Å². The number of amidine groups is 1. The first-order valence-electron chi connectivity index (χ1n) is 11.8. The van der Waals surface area contributed by atoms with Gasteiger partial charge in [-0.1, -0.05) is 19.3 Å². The van der Waals surface area contributed by atoms with Crippen LogP contribution in [-0.2, 0) is 17.6 Å². The van der Waals surface area contributed by atoms with Crippen molar-refractivity contribution < 1.29 is 4.74 Å². The summed E-state index contributed by atoms with van der Waals surface area (Å²) in [6.07, 6.45) is 11.4. The zero-order chi connectivity index (χ0) is 22.3. The SMILES string of the molecule is C/C(N)=C/C(N)=N\c1nc(NC2CCCCC2)c2c3c(sc2n1)CCC3.C1COCCN1. The molecule has 174 valence electrons. The van der Waals surface area contributed by atoms with Crippen molar-refractivity contribution in [3.63, 3.8) is 0 Å².